The quantitative estimate of drug-likeness (QED) is 0.601. The number of para-hydroxylation sites is 1. The molecule has 1 aliphatic heterocycles. The maximum absolute atomic E-state index is 5.78. The van der Waals surface area contributed by atoms with Crippen molar-refractivity contribution in [3.63, 3.8) is 0 Å². The van der Waals surface area contributed by atoms with Crippen molar-refractivity contribution < 1.29 is 9.47 Å². The summed E-state index contributed by atoms with van der Waals surface area (Å²) in [6.45, 7) is 1.48. The van der Waals surface area contributed by atoms with Gasteiger partial charge in [-0.25, -0.2) is 0 Å². The third kappa shape index (κ3) is 2.77. The van der Waals surface area contributed by atoms with Gasteiger partial charge in [0, 0.05) is 19.3 Å². The largest absolute Gasteiger partial charge is 0.493 e. The monoisotopic (exact) mass is 236 g/mol. The Kier molecular flexibility index (Phi) is 4.36. The highest BCUT2D eigenvalue weighted by atomic mass is 16.5. The molecule has 0 radical (unpaired) electrons. The number of nitrogens with two attached hydrogens (primary N) is 1. The summed E-state index contributed by atoms with van der Waals surface area (Å²) in [5.41, 5.74) is 5.27. The van der Waals surface area contributed by atoms with Gasteiger partial charge in [0.2, 0.25) is 0 Å². The van der Waals surface area contributed by atoms with E-state index in [0.29, 0.717) is 6.61 Å². The summed E-state index contributed by atoms with van der Waals surface area (Å²) in [5.74, 6) is 6.63. The van der Waals surface area contributed by atoms with Crippen molar-refractivity contribution in [1.29, 1.82) is 0 Å². The molecule has 3 N–H and O–H groups in total. The van der Waals surface area contributed by atoms with Gasteiger partial charge in [0.15, 0.2) is 0 Å². The molecule has 17 heavy (non-hydrogen) atoms. The molecule has 1 atom stereocenters. The van der Waals surface area contributed by atoms with E-state index in [0.717, 1.165) is 37.2 Å². The van der Waals surface area contributed by atoms with Crippen LogP contribution in [-0.4, -0.2) is 20.3 Å². The van der Waals surface area contributed by atoms with Crippen molar-refractivity contribution in [3.8, 4) is 5.75 Å². The minimum Gasteiger partial charge on any atom is -0.493 e. The third-order valence-electron chi connectivity index (χ3n) is 3.15. The highest BCUT2D eigenvalue weighted by Crippen LogP contribution is 2.33. The number of ether oxygens (including phenoxy) is 2. The average Bonchev–Trinajstić information content (AvgIpc) is 2.40. The average molecular weight is 236 g/mol. The van der Waals surface area contributed by atoms with Crippen LogP contribution < -0.4 is 16.0 Å². The van der Waals surface area contributed by atoms with E-state index in [9.17, 15) is 0 Å². The molecule has 0 fully saturated rings. The fraction of sp³-hybridized carbons (Fsp3) is 0.538. The lowest BCUT2D eigenvalue weighted by Gasteiger charge is -2.24. The van der Waals surface area contributed by atoms with Crippen LogP contribution in [0.5, 0.6) is 5.75 Å². The molecule has 0 amide bonds. The lowest BCUT2D eigenvalue weighted by molar-refractivity contribution is 0.181. The van der Waals surface area contributed by atoms with Gasteiger partial charge in [-0.05, 0) is 24.8 Å². The molecule has 94 valence electrons. The van der Waals surface area contributed by atoms with E-state index < -0.39 is 0 Å². The standard InChI is InChI=1S/C13H20N2O2/c1-16-9-7-12(15-14)11-6-2-4-10-5-3-8-17-13(10)11/h2,4,6,12,15H,3,5,7-9,14H2,1H3. The molecular formula is C13H20N2O2. The first-order chi connectivity index (χ1) is 8.36. The number of hydrogen-bond donors (Lipinski definition) is 2. The first-order valence-corrected chi connectivity index (χ1v) is 6.06. The SMILES string of the molecule is COCCC(NN)c1cccc2c1OCCC2. The lowest BCUT2D eigenvalue weighted by atomic mass is 9.97. The molecule has 1 aromatic carbocycles. The fourth-order valence-electron chi connectivity index (χ4n) is 2.25. The van der Waals surface area contributed by atoms with E-state index in [4.69, 9.17) is 15.3 Å². The topological polar surface area (TPSA) is 56.5 Å². The highest BCUT2D eigenvalue weighted by Gasteiger charge is 2.19. The van der Waals surface area contributed by atoms with E-state index >= 15 is 0 Å². The number of benzene rings is 1. The van der Waals surface area contributed by atoms with Crippen LogP contribution in [0.2, 0.25) is 0 Å². The van der Waals surface area contributed by atoms with Crippen LogP contribution in [0.3, 0.4) is 0 Å². The van der Waals surface area contributed by atoms with Crippen LogP contribution in [0.25, 0.3) is 0 Å². The molecule has 0 aliphatic carbocycles. The Morgan fingerprint density at radius 1 is 1.53 bits per heavy atom. The molecule has 0 saturated carbocycles. The summed E-state index contributed by atoms with van der Waals surface area (Å²) >= 11 is 0. The molecule has 0 bridgehead atoms. The molecule has 1 heterocycles. The van der Waals surface area contributed by atoms with Gasteiger partial charge >= 0.3 is 0 Å². The summed E-state index contributed by atoms with van der Waals surface area (Å²) in [4.78, 5) is 0. The van der Waals surface area contributed by atoms with Crippen molar-refractivity contribution >= 4 is 0 Å². The summed E-state index contributed by atoms with van der Waals surface area (Å²) in [5, 5.41) is 0. The Morgan fingerprint density at radius 2 is 2.41 bits per heavy atom. The van der Waals surface area contributed by atoms with Gasteiger partial charge in [-0.15, -0.1) is 0 Å². The van der Waals surface area contributed by atoms with Gasteiger partial charge in [0.05, 0.1) is 12.6 Å². The maximum Gasteiger partial charge on any atom is 0.127 e. The molecule has 4 heteroatoms. The molecule has 4 nitrogen and oxygen atoms in total. The van der Waals surface area contributed by atoms with Crippen molar-refractivity contribution in [3.05, 3.63) is 29.3 Å². The van der Waals surface area contributed by atoms with Crippen molar-refractivity contribution in [2.75, 3.05) is 20.3 Å². The van der Waals surface area contributed by atoms with Crippen LogP contribution in [0.1, 0.15) is 30.0 Å². The molecule has 0 saturated heterocycles. The fourth-order valence-corrected chi connectivity index (χ4v) is 2.25. The zero-order chi connectivity index (χ0) is 12.1. The molecule has 1 unspecified atom stereocenters. The molecular weight excluding hydrogens is 216 g/mol. The number of rotatable bonds is 5. The van der Waals surface area contributed by atoms with E-state index in [1.54, 1.807) is 7.11 Å². The molecule has 0 spiro atoms. The smallest absolute Gasteiger partial charge is 0.127 e. The van der Waals surface area contributed by atoms with Crippen molar-refractivity contribution in [1.82, 2.24) is 5.43 Å². The number of fused-ring (bicyclic) bond motifs is 1. The van der Waals surface area contributed by atoms with Gasteiger partial charge in [-0.2, -0.15) is 0 Å². The van der Waals surface area contributed by atoms with Gasteiger partial charge in [0.25, 0.3) is 0 Å². The summed E-state index contributed by atoms with van der Waals surface area (Å²) in [7, 11) is 1.70. The zero-order valence-electron chi connectivity index (χ0n) is 10.2. The normalized spacial score (nSPS) is 16.1. The molecule has 0 aromatic heterocycles. The van der Waals surface area contributed by atoms with Crippen molar-refractivity contribution in [2.45, 2.75) is 25.3 Å². The first kappa shape index (κ1) is 12.4. The predicted octanol–water partition coefficient (Wildman–Crippen LogP) is 1.55. The van der Waals surface area contributed by atoms with Crippen LogP contribution >= 0.6 is 0 Å². The van der Waals surface area contributed by atoms with Crippen LogP contribution in [-0.2, 0) is 11.2 Å². The van der Waals surface area contributed by atoms with E-state index in [-0.39, 0.29) is 6.04 Å². The molecule has 2 rings (SSSR count). The zero-order valence-corrected chi connectivity index (χ0v) is 10.2. The Bertz CT molecular complexity index is 368. The Balaban J connectivity index is 2.23. The number of methoxy groups -OCH3 is 1. The third-order valence-corrected chi connectivity index (χ3v) is 3.15. The molecule has 1 aliphatic rings. The van der Waals surface area contributed by atoms with Gasteiger partial charge in [-0.1, -0.05) is 18.2 Å². The summed E-state index contributed by atoms with van der Waals surface area (Å²) in [6.07, 6.45) is 3.02. The van der Waals surface area contributed by atoms with Gasteiger partial charge < -0.3 is 9.47 Å². The summed E-state index contributed by atoms with van der Waals surface area (Å²) < 4.78 is 10.9. The second-order valence-electron chi connectivity index (χ2n) is 4.29. The summed E-state index contributed by atoms with van der Waals surface area (Å²) in [6, 6.07) is 6.36. The van der Waals surface area contributed by atoms with E-state index in [1.165, 1.54) is 5.56 Å². The minimum absolute atomic E-state index is 0.0861. The molecule has 1 aromatic rings. The van der Waals surface area contributed by atoms with Gasteiger partial charge in [-0.3, -0.25) is 11.3 Å². The minimum atomic E-state index is 0.0861. The lowest BCUT2D eigenvalue weighted by Crippen LogP contribution is -2.29. The number of aryl methyl sites for hydroxylation is 1. The number of hydrazine groups is 1. The van der Waals surface area contributed by atoms with E-state index in [1.807, 2.05) is 0 Å². The maximum atomic E-state index is 5.78. The Hall–Kier alpha value is -1.10. The Labute approximate surface area is 102 Å². The van der Waals surface area contributed by atoms with Crippen LogP contribution in [0.4, 0.5) is 0 Å². The van der Waals surface area contributed by atoms with Crippen LogP contribution in [0, 0.1) is 0 Å². The van der Waals surface area contributed by atoms with Gasteiger partial charge in [0.1, 0.15) is 5.75 Å². The predicted molar refractivity (Wildman–Crippen MR) is 66.8 cm³/mol. The Morgan fingerprint density at radius 3 is 3.18 bits per heavy atom. The van der Waals surface area contributed by atoms with E-state index in [2.05, 4.69) is 23.6 Å². The second-order valence-corrected chi connectivity index (χ2v) is 4.29. The highest BCUT2D eigenvalue weighted by molar-refractivity contribution is 5.44. The van der Waals surface area contributed by atoms with Crippen molar-refractivity contribution in [2.24, 2.45) is 5.84 Å². The number of hydrogen-bond acceptors (Lipinski definition) is 4. The number of nitrogens with one attached hydrogen (secondary N) is 1. The second kappa shape index (κ2) is 6.00. The first-order valence-electron chi connectivity index (χ1n) is 6.06. The van der Waals surface area contributed by atoms with Crippen LogP contribution in [0.15, 0.2) is 18.2 Å².